The Bertz CT molecular complexity index is 920. The van der Waals surface area contributed by atoms with E-state index in [1.807, 2.05) is 13.8 Å². The fraction of sp³-hybridized carbons (Fsp3) is 0.250. The third kappa shape index (κ3) is 3.31. The molecule has 0 aromatic heterocycles. The van der Waals surface area contributed by atoms with Crippen molar-refractivity contribution in [3.63, 3.8) is 0 Å². The number of carbonyl (C=O) groups excluding carboxylic acids is 1. The van der Waals surface area contributed by atoms with E-state index in [4.69, 9.17) is 18.8 Å². The molecule has 0 saturated carbocycles. The van der Waals surface area contributed by atoms with E-state index in [1.165, 1.54) is 17.0 Å². The number of anilines is 1. The molecular weight excluding hydrogens is 349 g/mol. The number of hydrogen-bond donors (Lipinski definition) is 1. The van der Waals surface area contributed by atoms with Crippen molar-refractivity contribution in [3.05, 3.63) is 70.8 Å². The van der Waals surface area contributed by atoms with Crippen LogP contribution in [0, 0.1) is 19.3 Å². The van der Waals surface area contributed by atoms with Crippen molar-refractivity contribution in [2.75, 3.05) is 4.90 Å². The summed E-state index contributed by atoms with van der Waals surface area (Å²) in [6, 6.07) is 11.5. The van der Waals surface area contributed by atoms with Crippen LogP contribution in [0.4, 0.5) is 15.8 Å². The second-order valence-electron chi connectivity index (χ2n) is 6.61. The first-order valence-corrected chi connectivity index (χ1v) is 8.64. The standard InChI is InChI=1S/C20H18FN3OS/c1-13-12-16(8-9-17(13)22-3)24-18(25)20(2,23-19(24)26)11-10-14-4-6-15(21)7-5-14/h4-9,12H,10-11H2,1-2H3,(H,23,26)/t20-/m0/s1. The van der Waals surface area contributed by atoms with Gasteiger partial charge in [0.05, 0.1) is 6.57 Å². The predicted molar refractivity (Wildman–Crippen MR) is 104 cm³/mol. The minimum atomic E-state index is -0.822. The Kier molecular flexibility index (Phi) is 4.75. The minimum Gasteiger partial charge on any atom is -0.348 e. The van der Waals surface area contributed by atoms with Gasteiger partial charge in [0.15, 0.2) is 10.8 Å². The van der Waals surface area contributed by atoms with Crippen LogP contribution < -0.4 is 10.2 Å². The first-order valence-electron chi connectivity index (χ1n) is 8.23. The van der Waals surface area contributed by atoms with Gasteiger partial charge in [0.2, 0.25) is 0 Å². The molecule has 1 saturated heterocycles. The first kappa shape index (κ1) is 18.0. The van der Waals surface area contributed by atoms with Crippen molar-refractivity contribution < 1.29 is 9.18 Å². The van der Waals surface area contributed by atoms with E-state index < -0.39 is 5.54 Å². The lowest BCUT2D eigenvalue weighted by Gasteiger charge is -2.22. The zero-order chi connectivity index (χ0) is 18.9. The maximum absolute atomic E-state index is 13.0. The van der Waals surface area contributed by atoms with Crippen molar-refractivity contribution in [3.8, 4) is 0 Å². The molecule has 1 fully saturated rings. The lowest BCUT2D eigenvalue weighted by molar-refractivity contribution is -0.121. The SMILES string of the molecule is [C-]#[N+]c1ccc(N2C(=O)[C@](C)(CCc3ccc(F)cc3)NC2=S)cc1C. The highest BCUT2D eigenvalue weighted by Crippen LogP contribution is 2.31. The van der Waals surface area contributed by atoms with Crippen LogP contribution in [0.15, 0.2) is 42.5 Å². The maximum Gasteiger partial charge on any atom is 0.258 e. The highest BCUT2D eigenvalue weighted by Gasteiger charge is 2.45. The molecule has 6 heteroatoms. The Labute approximate surface area is 157 Å². The summed E-state index contributed by atoms with van der Waals surface area (Å²) in [6.07, 6.45) is 1.16. The van der Waals surface area contributed by atoms with Crippen LogP contribution in [0.3, 0.4) is 0 Å². The topological polar surface area (TPSA) is 36.7 Å². The fourth-order valence-electron chi connectivity index (χ4n) is 3.04. The van der Waals surface area contributed by atoms with Gasteiger partial charge in [-0.15, -0.1) is 0 Å². The van der Waals surface area contributed by atoms with Crippen LogP contribution in [0.2, 0.25) is 0 Å². The number of benzene rings is 2. The van der Waals surface area contributed by atoms with Crippen LogP contribution in [0.1, 0.15) is 24.5 Å². The number of nitrogens with zero attached hydrogens (tertiary/aromatic N) is 2. The average Bonchev–Trinajstić information content (AvgIpc) is 2.83. The van der Waals surface area contributed by atoms with E-state index in [2.05, 4.69) is 10.2 Å². The normalized spacial score (nSPS) is 19.4. The Morgan fingerprint density at radius 3 is 2.58 bits per heavy atom. The molecule has 132 valence electrons. The fourth-order valence-corrected chi connectivity index (χ4v) is 3.45. The number of thiocarbonyl (C=S) groups is 1. The van der Waals surface area contributed by atoms with E-state index in [1.54, 1.807) is 30.3 Å². The van der Waals surface area contributed by atoms with E-state index in [0.717, 1.165) is 11.1 Å². The molecule has 2 aromatic rings. The molecule has 1 atom stereocenters. The van der Waals surface area contributed by atoms with Gasteiger partial charge < -0.3 is 5.32 Å². The molecule has 1 N–H and O–H groups in total. The number of amides is 1. The van der Waals surface area contributed by atoms with Gasteiger partial charge in [-0.1, -0.05) is 18.2 Å². The quantitative estimate of drug-likeness (QED) is 0.647. The smallest absolute Gasteiger partial charge is 0.258 e. The lowest BCUT2D eigenvalue weighted by Crippen LogP contribution is -2.44. The van der Waals surface area contributed by atoms with Crippen LogP contribution in [0.5, 0.6) is 0 Å². The third-order valence-corrected chi connectivity index (χ3v) is 4.93. The summed E-state index contributed by atoms with van der Waals surface area (Å²) in [7, 11) is 0. The van der Waals surface area contributed by atoms with Crippen molar-refractivity contribution in [1.29, 1.82) is 0 Å². The summed E-state index contributed by atoms with van der Waals surface area (Å²) in [6.45, 7) is 10.8. The van der Waals surface area contributed by atoms with Crippen LogP contribution >= 0.6 is 12.2 Å². The van der Waals surface area contributed by atoms with E-state index in [-0.39, 0.29) is 11.7 Å². The molecule has 1 aliphatic heterocycles. The maximum atomic E-state index is 13.0. The van der Waals surface area contributed by atoms with Gasteiger partial charge in [-0.05, 0) is 74.3 Å². The molecule has 1 amide bonds. The summed E-state index contributed by atoms with van der Waals surface area (Å²) in [4.78, 5) is 18.0. The Balaban J connectivity index is 1.80. The lowest BCUT2D eigenvalue weighted by atomic mass is 9.93. The number of carbonyl (C=O) groups is 1. The zero-order valence-corrected chi connectivity index (χ0v) is 15.4. The zero-order valence-electron chi connectivity index (χ0n) is 14.5. The largest absolute Gasteiger partial charge is 0.348 e. The molecule has 4 nitrogen and oxygen atoms in total. The van der Waals surface area contributed by atoms with E-state index in [0.29, 0.717) is 29.3 Å². The monoisotopic (exact) mass is 367 g/mol. The molecule has 2 aromatic carbocycles. The molecule has 1 heterocycles. The molecule has 1 aliphatic rings. The number of rotatable bonds is 4. The minimum absolute atomic E-state index is 0.125. The molecule has 0 aliphatic carbocycles. The molecule has 0 radical (unpaired) electrons. The van der Waals surface area contributed by atoms with Crippen molar-refractivity contribution in [1.82, 2.24) is 5.32 Å². The van der Waals surface area contributed by atoms with Gasteiger partial charge in [0.1, 0.15) is 11.4 Å². The van der Waals surface area contributed by atoms with E-state index >= 15 is 0 Å². The number of nitrogens with one attached hydrogen (secondary N) is 1. The van der Waals surface area contributed by atoms with Gasteiger partial charge in [-0.2, -0.15) is 0 Å². The summed E-state index contributed by atoms with van der Waals surface area (Å²) in [5, 5.41) is 3.48. The van der Waals surface area contributed by atoms with Gasteiger partial charge in [0, 0.05) is 5.69 Å². The highest BCUT2D eigenvalue weighted by molar-refractivity contribution is 7.80. The highest BCUT2D eigenvalue weighted by atomic mass is 32.1. The average molecular weight is 367 g/mol. The Morgan fingerprint density at radius 2 is 1.96 bits per heavy atom. The van der Waals surface area contributed by atoms with Gasteiger partial charge >= 0.3 is 0 Å². The van der Waals surface area contributed by atoms with Gasteiger partial charge in [-0.25, -0.2) is 9.24 Å². The molecule has 26 heavy (non-hydrogen) atoms. The third-order valence-electron chi connectivity index (χ3n) is 4.65. The molecule has 3 rings (SSSR count). The van der Waals surface area contributed by atoms with Crippen LogP contribution in [0.25, 0.3) is 4.85 Å². The Morgan fingerprint density at radius 1 is 1.27 bits per heavy atom. The molecular formula is C20H18FN3OS. The second-order valence-corrected chi connectivity index (χ2v) is 7.00. The molecule has 0 spiro atoms. The van der Waals surface area contributed by atoms with E-state index in [9.17, 15) is 9.18 Å². The summed E-state index contributed by atoms with van der Waals surface area (Å²) < 4.78 is 13.0. The summed E-state index contributed by atoms with van der Waals surface area (Å²) in [5.41, 5.74) is 2.15. The Hall–Kier alpha value is -2.78. The van der Waals surface area contributed by atoms with Gasteiger partial charge in [0.25, 0.3) is 5.91 Å². The van der Waals surface area contributed by atoms with Crippen molar-refractivity contribution in [2.45, 2.75) is 32.2 Å². The van der Waals surface area contributed by atoms with Crippen LogP contribution in [-0.4, -0.2) is 16.6 Å². The predicted octanol–water partition coefficient (Wildman–Crippen LogP) is 4.30. The molecule has 0 unspecified atom stereocenters. The van der Waals surface area contributed by atoms with Crippen molar-refractivity contribution in [2.24, 2.45) is 0 Å². The number of aryl methyl sites for hydroxylation is 2. The second kappa shape index (κ2) is 6.85. The van der Waals surface area contributed by atoms with Crippen molar-refractivity contribution >= 4 is 34.6 Å². The number of hydrogen-bond acceptors (Lipinski definition) is 2. The molecule has 0 bridgehead atoms. The summed E-state index contributed by atoms with van der Waals surface area (Å²) in [5.74, 6) is -0.403. The summed E-state index contributed by atoms with van der Waals surface area (Å²) >= 11 is 5.38. The van der Waals surface area contributed by atoms with Crippen LogP contribution in [-0.2, 0) is 11.2 Å². The first-order chi connectivity index (χ1) is 12.3. The van der Waals surface area contributed by atoms with Gasteiger partial charge in [-0.3, -0.25) is 9.69 Å². The number of halogens is 1.